The molecule has 1 rings (SSSR count). The van der Waals surface area contributed by atoms with Crippen molar-refractivity contribution < 1.29 is 4.74 Å². The van der Waals surface area contributed by atoms with Gasteiger partial charge in [0, 0.05) is 23.1 Å². The van der Waals surface area contributed by atoms with Crippen LogP contribution in [0.3, 0.4) is 0 Å². The van der Waals surface area contributed by atoms with Gasteiger partial charge in [-0.3, -0.25) is 4.90 Å². The number of ether oxygens (including phenoxy) is 1. The number of likely N-dealkylation sites (N-methyl/N-ethyl adjacent to an activating group) is 1. The van der Waals surface area contributed by atoms with Gasteiger partial charge in [0.05, 0.1) is 12.7 Å². The molecule has 0 aliphatic rings. The zero-order valence-electron chi connectivity index (χ0n) is 12.3. The number of hydrogen-bond donors (Lipinski definition) is 1. The Morgan fingerprint density at radius 2 is 2.00 bits per heavy atom. The van der Waals surface area contributed by atoms with Gasteiger partial charge < -0.3 is 10.5 Å². The van der Waals surface area contributed by atoms with E-state index in [0.717, 1.165) is 17.6 Å². The SMILES string of the molecule is CC(C)OCCN(C)C(c1cccc(Br)c1)C(C)N. The number of benzene rings is 1. The summed E-state index contributed by atoms with van der Waals surface area (Å²) in [5.74, 6) is 0. The van der Waals surface area contributed by atoms with Crippen molar-refractivity contribution in [1.29, 1.82) is 0 Å². The highest BCUT2D eigenvalue weighted by Crippen LogP contribution is 2.24. The van der Waals surface area contributed by atoms with Gasteiger partial charge in [0.1, 0.15) is 0 Å². The highest BCUT2D eigenvalue weighted by Gasteiger charge is 2.21. The fraction of sp³-hybridized carbons (Fsp3) is 0.600. The average Bonchev–Trinajstić information content (AvgIpc) is 2.28. The number of halogens is 1. The first-order valence-electron chi connectivity index (χ1n) is 6.74. The zero-order chi connectivity index (χ0) is 14.4. The predicted octanol–water partition coefficient (Wildman–Crippen LogP) is 3.19. The summed E-state index contributed by atoms with van der Waals surface area (Å²) < 4.78 is 6.70. The van der Waals surface area contributed by atoms with Gasteiger partial charge in [-0.25, -0.2) is 0 Å². The monoisotopic (exact) mass is 328 g/mol. The van der Waals surface area contributed by atoms with E-state index in [4.69, 9.17) is 10.5 Å². The minimum atomic E-state index is 0.0679. The van der Waals surface area contributed by atoms with Gasteiger partial charge in [-0.05, 0) is 45.5 Å². The molecule has 0 saturated carbocycles. The van der Waals surface area contributed by atoms with E-state index in [1.807, 2.05) is 19.1 Å². The minimum absolute atomic E-state index is 0.0679. The van der Waals surface area contributed by atoms with Crippen molar-refractivity contribution in [3.63, 3.8) is 0 Å². The highest BCUT2D eigenvalue weighted by molar-refractivity contribution is 9.10. The van der Waals surface area contributed by atoms with Crippen LogP contribution < -0.4 is 5.73 Å². The predicted molar refractivity (Wildman–Crippen MR) is 84.3 cm³/mol. The summed E-state index contributed by atoms with van der Waals surface area (Å²) in [6, 6.07) is 8.61. The second kappa shape index (κ2) is 8.00. The summed E-state index contributed by atoms with van der Waals surface area (Å²) in [4.78, 5) is 2.26. The van der Waals surface area contributed by atoms with Crippen molar-refractivity contribution in [1.82, 2.24) is 4.90 Å². The summed E-state index contributed by atoms with van der Waals surface area (Å²) in [5.41, 5.74) is 7.39. The lowest BCUT2D eigenvalue weighted by Gasteiger charge is -2.31. The lowest BCUT2D eigenvalue weighted by molar-refractivity contribution is 0.0535. The Balaban J connectivity index is 2.71. The van der Waals surface area contributed by atoms with Crippen molar-refractivity contribution in [2.45, 2.75) is 39.0 Å². The molecule has 0 bridgehead atoms. The van der Waals surface area contributed by atoms with Crippen LogP contribution in [0.15, 0.2) is 28.7 Å². The highest BCUT2D eigenvalue weighted by atomic mass is 79.9. The van der Waals surface area contributed by atoms with Gasteiger partial charge in [0.15, 0.2) is 0 Å². The molecule has 19 heavy (non-hydrogen) atoms. The molecule has 0 spiro atoms. The molecule has 1 aromatic carbocycles. The third kappa shape index (κ3) is 5.61. The normalized spacial score (nSPS) is 14.9. The van der Waals surface area contributed by atoms with Crippen molar-refractivity contribution in [3.8, 4) is 0 Å². The molecule has 0 amide bonds. The Morgan fingerprint density at radius 1 is 1.32 bits per heavy atom. The molecule has 0 radical (unpaired) electrons. The quantitative estimate of drug-likeness (QED) is 0.835. The number of hydrogen-bond acceptors (Lipinski definition) is 3. The Bertz CT molecular complexity index is 382. The molecule has 3 nitrogen and oxygen atoms in total. The summed E-state index contributed by atoms with van der Waals surface area (Å²) in [5, 5.41) is 0. The third-order valence-electron chi connectivity index (χ3n) is 3.06. The minimum Gasteiger partial charge on any atom is -0.377 e. The van der Waals surface area contributed by atoms with Crippen LogP contribution in [0.25, 0.3) is 0 Å². The molecule has 4 heteroatoms. The average molecular weight is 329 g/mol. The zero-order valence-corrected chi connectivity index (χ0v) is 13.9. The van der Waals surface area contributed by atoms with Gasteiger partial charge in [-0.2, -0.15) is 0 Å². The molecule has 108 valence electrons. The fourth-order valence-electron chi connectivity index (χ4n) is 2.22. The second-order valence-corrected chi connectivity index (χ2v) is 6.17. The van der Waals surface area contributed by atoms with Crippen molar-refractivity contribution >= 4 is 15.9 Å². The van der Waals surface area contributed by atoms with Crippen LogP contribution in [0.2, 0.25) is 0 Å². The van der Waals surface area contributed by atoms with Gasteiger partial charge in [-0.15, -0.1) is 0 Å². The molecule has 0 saturated heterocycles. The van der Waals surface area contributed by atoms with Gasteiger partial charge >= 0.3 is 0 Å². The Kier molecular flexibility index (Phi) is 7.00. The van der Waals surface area contributed by atoms with Crippen LogP contribution >= 0.6 is 15.9 Å². The lowest BCUT2D eigenvalue weighted by Crippen LogP contribution is -2.39. The smallest absolute Gasteiger partial charge is 0.0597 e. The van der Waals surface area contributed by atoms with Crippen LogP contribution in [0.4, 0.5) is 0 Å². The van der Waals surface area contributed by atoms with E-state index in [0.29, 0.717) is 0 Å². The molecule has 0 heterocycles. The summed E-state index contributed by atoms with van der Waals surface area (Å²) in [7, 11) is 2.10. The first kappa shape index (κ1) is 16.6. The molecule has 0 fully saturated rings. The molecular weight excluding hydrogens is 304 g/mol. The number of nitrogens with two attached hydrogens (primary N) is 1. The summed E-state index contributed by atoms with van der Waals surface area (Å²) in [6.07, 6.45) is 0.271. The van der Waals surface area contributed by atoms with E-state index in [2.05, 4.69) is 53.9 Å². The van der Waals surface area contributed by atoms with Crippen LogP contribution in [-0.4, -0.2) is 37.2 Å². The Morgan fingerprint density at radius 3 is 2.53 bits per heavy atom. The summed E-state index contributed by atoms with van der Waals surface area (Å²) in [6.45, 7) is 7.75. The summed E-state index contributed by atoms with van der Waals surface area (Å²) >= 11 is 3.52. The second-order valence-electron chi connectivity index (χ2n) is 5.26. The maximum absolute atomic E-state index is 6.15. The van der Waals surface area contributed by atoms with E-state index >= 15 is 0 Å². The van der Waals surface area contributed by atoms with Crippen LogP contribution in [0, 0.1) is 0 Å². The molecule has 2 atom stereocenters. The molecule has 2 unspecified atom stereocenters. The van der Waals surface area contributed by atoms with E-state index in [9.17, 15) is 0 Å². The van der Waals surface area contributed by atoms with E-state index in [-0.39, 0.29) is 18.2 Å². The van der Waals surface area contributed by atoms with E-state index < -0.39 is 0 Å². The Labute approximate surface area is 125 Å². The van der Waals surface area contributed by atoms with Crippen molar-refractivity contribution in [2.75, 3.05) is 20.2 Å². The molecular formula is C15H25BrN2O. The maximum Gasteiger partial charge on any atom is 0.0597 e. The molecule has 0 aliphatic carbocycles. The number of nitrogens with zero attached hydrogens (tertiary/aromatic N) is 1. The third-order valence-corrected chi connectivity index (χ3v) is 3.55. The van der Waals surface area contributed by atoms with Gasteiger partial charge in [0.25, 0.3) is 0 Å². The van der Waals surface area contributed by atoms with Crippen molar-refractivity contribution in [2.24, 2.45) is 5.73 Å². The fourth-order valence-corrected chi connectivity index (χ4v) is 2.64. The molecule has 1 aromatic rings. The lowest BCUT2D eigenvalue weighted by atomic mass is 10.00. The van der Waals surface area contributed by atoms with Crippen molar-refractivity contribution in [3.05, 3.63) is 34.3 Å². The first-order valence-corrected chi connectivity index (χ1v) is 7.54. The van der Waals surface area contributed by atoms with E-state index in [1.165, 1.54) is 5.56 Å². The largest absolute Gasteiger partial charge is 0.377 e. The Hall–Kier alpha value is -0.420. The number of rotatable bonds is 7. The maximum atomic E-state index is 6.15. The first-order chi connectivity index (χ1) is 8.91. The van der Waals surface area contributed by atoms with Crippen LogP contribution in [0.5, 0.6) is 0 Å². The molecule has 0 aliphatic heterocycles. The van der Waals surface area contributed by atoms with Crippen LogP contribution in [-0.2, 0) is 4.74 Å². The van der Waals surface area contributed by atoms with Gasteiger partial charge in [0.2, 0.25) is 0 Å². The van der Waals surface area contributed by atoms with E-state index in [1.54, 1.807) is 0 Å². The van der Waals surface area contributed by atoms with Crippen LogP contribution in [0.1, 0.15) is 32.4 Å². The molecule has 0 aromatic heterocycles. The van der Waals surface area contributed by atoms with Gasteiger partial charge in [-0.1, -0.05) is 28.1 Å². The molecule has 2 N–H and O–H groups in total. The topological polar surface area (TPSA) is 38.5 Å². The standard InChI is InChI=1S/C15H25BrN2O/c1-11(2)19-9-8-18(4)15(12(3)17)13-6-5-7-14(16)10-13/h5-7,10-12,15H,8-9,17H2,1-4H3.